The summed E-state index contributed by atoms with van der Waals surface area (Å²) in [6.07, 6.45) is 6.37. The number of hydrogen-bond acceptors (Lipinski definition) is 2. The Hall–Kier alpha value is -1.83. The molecule has 0 amide bonds. The predicted octanol–water partition coefficient (Wildman–Crippen LogP) is 2.37. The van der Waals surface area contributed by atoms with E-state index >= 15 is 0 Å². The van der Waals surface area contributed by atoms with Crippen LogP contribution in [0.3, 0.4) is 0 Å². The molecule has 0 radical (unpaired) electrons. The van der Waals surface area contributed by atoms with Gasteiger partial charge in [0.15, 0.2) is 0 Å². The van der Waals surface area contributed by atoms with Crippen molar-refractivity contribution in [2.75, 3.05) is 6.54 Å². The number of hydrogen-bond donors (Lipinski definition) is 0. The van der Waals surface area contributed by atoms with Gasteiger partial charge in [-0.15, -0.1) is 0 Å². The van der Waals surface area contributed by atoms with E-state index < -0.39 is 0 Å². The summed E-state index contributed by atoms with van der Waals surface area (Å²) in [6, 6.07) is 9.10. The van der Waals surface area contributed by atoms with E-state index in [1.54, 1.807) is 0 Å². The molecule has 3 aliphatic rings. The molecular weight excluding hydrogens is 184 g/mol. The number of fused-ring (bicyclic) bond motifs is 3. The molecule has 0 saturated heterocycles. The van der Waals surface area contributed by atoms with E-state index in [-0.39, 0.29) is 0 Å². The van der Waals surface area contributed by atoms with Gasteiger partial charge < -0.3 is 4.90 Å². The van der Waals surface area contributed by atoms with Crippen molar-refractivity contribution in [3.05, 3.63) is 53.6 Å². The van der Waals surface area contributed by atoms with E-state index in [9.17, 15) is 0 Å². The third kappa shape index (κ3) is 0.780. The highest BCUT2D eigenvalue weighted by Gasteiger charge is 2.39. The van der Waals surface area contributed by atoms with Gasteiger partial charge in [0.1, 0.15) is 5.84 Å². The van der Waals surface area contributed by atoms with E-state index in [1.165, 1.54) is 16.8 Å². The van der Waals surface area contributed by atoms with Gasteiger partial charge in [-0.3, -0.25) is 4.99 Å². The summed E-state index contributed by atoms with van der Waals surface area (Å²) in [4.78, 5) is 6.91. The maximum atomic E-state index is 4.55. The van der Waals surface area contributed by atoms with Crippen LogP contribution < -0.4 is 0 Å². The summed E-state index contributed by atoms with van der Waals surface area (Å²) in [7, 11) is 0. The lowest BCUT2D eigenvalue weighted by molar-refractivity contribution is 0.505. The monoisotopic (exact) mass is 194 g/mol. The Kier molecular flexibility index (Phi) is 1.19. The molecule has 1 atom stereocenters. The highest BCUT2D eigenvalue weighted by atomic mass is 15.3. The summed E-state index contributed by atoms with van der Waals surface area (Å²) in [5, 5.41) is 0. The summed E-state index contributed by atoms with van der Waals surface area (Å²) >= 11 is 0. The lowest BCUT2D eigenvalue weighted by Gasteiger charge is -2.22. The van der Waals surface area contributed by atoms with E-state index in [1.807, 2.05) is 0 Å². The minimum Gasteiger partial charge on any atom is -0.317 e. The Balaban J connectivity index is 2.04. The van der Waals surface area contributed by atoms with Gasteiger partial charge in [0.25, 0.3) is 0 Å². The molecule has 15 heavy (non-hydrogen) atoms. The molecular formula is C13H10N2. The third-order valence-electron chi connectivity index (χ3n) is 3.34. The second-order valence-electron chi connectivity index (χ2n) is 4.08. The van der Waals surface area contributed by atoms with Crippen LogP contribution in [0, 0.1) is 0 Å². The molecule has 0 bridgehead atoms. The van der Waals surface area contributed by atoms with Gasteiger partial charge in [0, 0.05) is 5.56 Å². The molecule has 72 valence electrons. The van der Waals surface area contributed by atoms with Crippen LogP contribution in [0.1, 0.15) is 17.2 Å². The topological polar surface area (TPSA) is 15.6 Å². The summed E-state index contributed by atoms with van der Waals surface area (Å²) in [5.41, 5.74) is 4.11. The van der Waals surface area contributed by atoms with Gasteiger partial charge in [0.05, 0.1) is 18.3 Å². The number of aliphatic imine (C=N–C) groups is 1. The third-order valence-corrected chi connectivity index (χ3v) is 3.34. The first kappa shape index (κ1) is 7.46. The molecule has 0 spiro atoms. The largest absolute Gasteiger partial charge is 0.317 e. The van der Waals surface area contributed by atoms with Gasteiger partial charge in [-0.25, -0.2) is 0 Å². The summed E-state index contributed by atoms with van der Waals surface area (Å²) in [6.45, 7) is 0.897. The maximum Gasteiger partial charge on any atom is 0.128 e. The van der Waals surface area contributed by atoms with Gasteiger partial charge in [-0.2, -0.15) is 0 Å². The van der Waals surface area contributed by atoms with Crippen LogP contribution >= 0.6 is 0 Å². The van der Waals surface area contributed by atoms with Crippen LogP contribution in [0.4, 0.5) is 0 Å². The maximum absolute atomic E-state index is 4.55. The first-order chi connectivity index (χ1) is 7.45. The van der Waals surface area contributed by atoms with Crippen molar-refractivity contribution >= 4 is 11.5 Å². The molecule has 0 N–H and O–H groups in total. The number of amidine groups is 1. The zero-order valence-corrected chi connectivity index (χ0v) is 8.22. The first-order valence-corrected chi connectivity index (χ1v) is 5.26. The number of benzene rings is 1. The van der Waals surface area contributed by atoms with Crippen molar-refractivity contribution < 1.29 is 0 Å². The Labute approximate surface area is 88.2 Å². The molecule has 0 fully saturated rings. The number of nitrogens with zero attached hydrogens (tertiary/aromatic N) is 2. The fourth-order valence-electron chi connectivity index (χ4n) is 2.71. The molecule has 1 aromatic rings. The molecule has 0 saturated carbocycles. The fourth-order valence-corrected chi connectivity index (χ4v) is 2.71. The molecule has 3 aliphatic heterocycles. The van der Waals surface area contributed by atoms with Crippen LogP contribution in [0.25, 0.3) is 5.70 Å². The van der Waals surface area contributed by atoms with Crippen LogP contribution in [-0.2, 0) is 0 Å². The van der Waals surface area contributed by atoms with E-state index in [4.69, 9.17) is 0 Å². The zero-order valence-electron chi connectivity index (χ0n) is 8.22. The van der Waals surface area contributed by atoms with Crippen molar-refractivity contribution in [3.8, 4) is 0 Å². The number of allylic oxidation sites excluding steroid dienone is 2. The normalized spacial score (nSPS) is 24.8. The van der Waals surface area contributed by atoms with Crippen LogP contribution in [0.5, 0.6) is 0 Å². The Morgan fingerprint density at radius 2 is 2.20 bits per heavy atom. The highest BCUT2D eigenvalue weighted by molar-refractivity contribution is 6.04. The van der Waals surface area contributed by atoms with E-state index in [0.717, 1.165) is 12.4 Å². The summed E-state index contributed by atoms with van der Waals surface area (Å²) in [5.74, 6) is 1.12. The molecule has 0 aliphatic carbocycles. The van der Waals surface area contributed by atoms with Crippen molar-refractivity contribution in [2.45, 2.75) is 6.04 Å². The molecule has 1 unspecified atom stereocenters. The van der Waals surface area contributed by atoms with Gasteiger partial charge in [-0.1, -0.05) is 30.3 Å². The van der Waals surface area contributed by atoms with Crippen molar-refractivity contribution in [2.24, 2.45) is 4.99 Å². The van der Waals surface area contributed by atoms with Crippen LogP contribution in [0.2, 0.25) is 0 Å². The van der Waals surface area contributed by atoms with Crippen LogP contribution in [-0.4, -0.2) is 17.3 Å². The van der Waals surface area contributed by atoms with Gasteiger partial charge in [0.2, 0.25) is 0 Å². The Bertz CT molecular complexity index is 537. The molecule has 0 aromatic heterocycles. The van der Waals surface area contributed by atoms with Crippen molar-refractivity contribution in [1.29, 1.82) is 0 Å². The van der Waals surface area contributed by atoms with E-state index in [0.29, 0.717) is 6.04 Å². The molecule has 2 nitrogen and oxygen atoms in total. The van der Waals surface area contributed by atoms with Crippen molar-refractivity contribution in [1.82, 2.24) is 4.90 Å². The SMILES string of the molecule is C1=CC2=NCC3c4ccccc4C(=C1)N23. The average molecular weight is 194 g/mol. The minimum absolute atomic E-state index is 0.451. The standard InChI is InChI=1S/C13H10N2/c1-2-5-10-9(4-1)11-6-3-7-13-14-8-12(10)15(11)13/h1-7,12H,8H2. The highest BCUT2D eigenvalue weighted by Crippen LogP contribution is 2.45. The van der Waals surface area contributed by atoms with Gasteiger partial charge >= 0.3 is 0 Å². The van der Waals surface area contributed by atoms with E-state index in [2.05, 4.69) is 52.4 Å². The molecule has 4 rings (SSSR count). The minimum atomic E-state index is 0.451. The Morgan fingerprint density at radius 3 is 3.20 bits per heavy atom. The quantitative estimate of drug-likeness (QED) is 0.619. The smallest absolute Gasteiger partial charge is 0.128 e. The summed E-state index contributed by atoms with van der Waals surface area (Å²) < 4.78 is 0. The zero-order chi connectivity index (χ0) is 9.83. The molecule has 1 aromatic carbocycles. The number of rotatable bonds is 0. The lowest BCUT2D eigenvalue weighted by atomic mass is 10.0. The second kappa shape index (κ2) is 2.40. The van der Waals surface area contributed by atoms with Crippen molar-refractivity contribution in [3.63, 3.8) is 0 Å². The average Bonchev–Trinajstić information content (AvgIpc) is 2.85. The van der Waals surface area contributed by atoms with Gasteiger partial charge in [-0.05, 0) is 17.7 Å². The molecule has 2 heteroatoms. The Morgan fingerprint density at radius 1 is 1.27 bits per heavy atom. The lowest BCUT2D eigenvalue weighted by Crippen LogP contribution is -2.23. The van der Waals surface area contributed by atoms with Crippen LogP contribution in [0.15, 0.2) is 47.5 Å². The second-order valence-corrected chi connectivity index (χ2v) is 4.08. The molecule has 3 heterocycles. The fraction of sp³-hybridized carbons (Fsp3) is 0.154. The first-order valence-electron chi connectivity index (χ1n) is 5.26. The predicted molar refractivity (Wildman–Crippen MR) is 60.4 cm³/mol.